The van der Waals surface area contributed by atoms with Gasteiger partial charge in [-0.05, 0) is 42.5 Å². The summed E-state index contributed by atoms with van der Waals surface area (Å²) in [5.74, 6) is 1.48. The SMILES string of the molecule is CS(=O)(=O)c1ccc(SCCCn2ccc(N)n2)cc1. The first-order chi connectivity index (χ1) is 9.45. The van der Waals surface area contributed by atoms with E-state index in [1.807, 2.05) is 23.0 Å². The van der Waals surface area contributed by atoms with Gasteiger partial charge in [0.25, 0.3) is 0 Å². The van der Waals surface area contributed by atoms with Gasteiger partial charge in [-0.25, -0.2) is 8.42 Å². The van der Waals surface area contributed by atoms with Crippen molar-refractivity contribution in [1.82, 2.24) is 9.78 Å². The molecule has 0 unspecified atom stereocenters. The van der Waals surface area contributed by atoms with E-state index in [1.54, 1.807) is 30.0 Å². The number of aryl methyl sites for hydroxylation is 1. The summed E-state index contributed by atoms with van der Waals surface area (Å²) < 4.78 is 24.5. The maximum atomic E-state index is 11.3. The van der Waals surface area contributed by atoms with Crippen molar-refractivity contribution in [3.05, 3.63) is 36.5 Å². The third-order valence-electron chi connectivity index (χ3n) is 2.71. The van der Waals surface area contributed by atoms with Crippen molar-refractivity contribution >= 4 is 27.4 Å². The number of nitrogens with two attached hydrogens (primary N) is 1. The number of hydrogen-bond donors (Lipinski definition) is 1. The van der Waals surface area contributed by atoms with E-state index < -0.39 is 9.84 Å². The van der Waals surface area contributed by atoms with E-state index in [-0.39, 0.29) is 0 Å². The van der Waals surface area contributed by atoms with Gasteiger partial charge in [0.05, 0.1) is 4.90 Å². The van der Waals surface area contributed by atoms with Crippen LogP contribution in [0, 0.1) is 0 Å². The maximum absolute atomic E-state index is 11.3. The molecule has 2 N–H and O–H groups in total. The van der Waals surface area contributed by atoms with Gasteiger partial charge in [-0.1, -0.05) is 0 Å². The van der Waals surface area contributed by atoms with Crippen LogP contribution >= 0.6 is 11.8 Å². The zero-order valence-corrected chi connectivity index (χ0v) is 12.8. The normalized spacial score (nSPS) is 11.7. The summed E-state index contributed by atoms with van der Waals surface area (Å²) in [7, 11) is -3.11. The predicted octanol–water partition coefficient (Wildman–Crippen LogP) is 2.05. The average Bonchev–Trinajstić information content (AvgIpc) is 2.80. The van der Waals surface area contributed by atoms with Crippen molar-refractivity contribution in [2.45, 2.75) is 22.8 Å². The van der Waals surface area contributed by atoms with E-state index in [1.165, 1.54) is 6.26 Å². The van der Waals surface area contributed by atoms with E-state index in [4.69, 9.17) is 5.73 Å². The fourth-order valence-electron chi connectivity index (χ4n) is 1.70. The van der Waals surface area contributed by atoms with Gasteiger partial charge in [-0.2, -0.15) is 5.10 Å². The molecule has 1 aromatic heterocycles. The quantitative estimate of drug-likeness (QED) is 0.652. The Hall–Kier alpha value is -1.47. The number of sulfone groups is 1. The fraction of sp³-hybridized carbons (Fsp3) is 0.308. The Balaban J connectivity index is 1.80. The van der Waals surface area contributed by atoms with Gasteiger partial charge in [-0.3, -0.25) is 4.68 Å². The third kappa shape index (κ3) is 4.28. The van der Waals surface area contributed by atoms with E-state index in [0.29, 0.717) is 10.7 Å². The third-order valence-corrected chi connectivity index (χ3v) is 4.94. The first-order valence-corrected chi connectivity index (χ1v) is 9.05. The summed E-state index contributed by atoms with van der Waals surface area (Å²) in [6.07, 6.45) is 4.05. The van der Waals surface area contributed by atoms with Crippen molar-refractivity contribution in [3.63, 3.8) is 0 Å². The molecule has 1 heterocycles. The van der Waals surface area contributed by atoms with Crippen LogP contribution in [0.5, 0.6) is 0 Å². The Kier molecular flexibility index (Phi) is 4.72. The molecule has 2 rings (SSSR count). The molecule has 20 heavy (non-hydrogen) atoms. The van der Waals surface area contributed by atoms with Crippen LogP contribution in [0.4, 0.5) is 5.82 Å². The lowest BCUT2D eigenvalue weighted by atomic mass is 10.4. The molecular weight excluding hydrogens is 294 g/mol. The molecule has 108 valence electrons. The molecule has 7 heteroatoms. The molecule has 0 spiro atoms. The highest BCUT2D eigenvalue weighted by Gasteiger charge is 2.06. The van der Waals surface area contributed by atoms with Crippen LogP contribution in [-0.2, 0) is 16.4 Å². The smallest absolute Gasteiger partial charge is 0.175 e. The molecule has 0 amide bonds. The number of rotatable bonds is 6. The van der Waals surface area contributed by atoms with Crippen LogP contribution < -0.4 is 5.73 Å². The molecule has 0 radical (unpaired) electrons. The van der Waals surface area contributed by atoms with Gasteiger partial charge in [-0.15, -0.1) is 11.8 Å². The second-order valence-corrected chi connectivity index (χ2v) is 7.63. The van der Waals surface area contributed by atoms with Crippen LogP contribution in [0.15, 0.2) is 46.3 Å². The molecule has 0 saturated heterocycles. The van der Waals surface area contributed by atoms with Crippen molar-refractivity contribution in [3.8, 4) is 0 Å². The molecule has 0 bridgehead atoms. The zero-order valence-electron chi connectivity index (χ0n) is 11.2. The molecule has 0 fully saturated rings. The Morgan fingerprint density at radius 3 is 2.50 bits per heavy atom. The van der Waals surface area contributed by atoms with Crippen LogP contribution in [0.25, 0.3) is 0 Å². The largest absolute Gasteiger partial charge is 0.382 e. The van der Waals surface area contributed by atoms with Crippen LogP contribution in [-0.4, -0.2) is 30.2 Å². The summed E-state index contributed by atoms with van der Waals surface area (Å²) in [5.41, 5.74) is 5.54. The highest BCUT2D eigenvalue weighted by molar-refractivity contribution is 7.99. The predicted molar refractivity (Wildman–Crippen MR) is 81.5 cm³/mol. The average molecular weight is 311 g/mol. The van der Waals surface area contributed by atoms with E-state index in [0.717, 1.165) is 23.6 Å². The Bertz CT molecular complexity index is 663. The van der Waals surface area contributed by atoms with Crippen molar-refractivity contribution in [2.75, 3.05) is 17.7 Å². The molecule has 5 nitrogen and oxygen atoms in total. The van der Waals surface area contributed by atoms with Crippen LogP contribution in [0.3, 0.4) is 0 Å². The Morgan fingerprint density at radius 1 is 1.25 bits per heavy atom. The molecule has 0 atom stereocenters. The maximum Gasteiger partial charge on any atom is 0.175 e. The summed E-state index contributed by atoms with van der Waals surface area (Å²) in [6, 6.07) is 8.74. The molecule has 1 aromatic carbocycles. The number of nitrogens with zero attached hydrogens (tertiary/aromatic N) is 2. The lowest BCUT2D eigenvalue weighted by Gasteiger charge is -2.04. The summed E-state index contributed by atoms with van der Waals surface area (Å²) >= 11 is 1.70. The van der Waals surface area contributed by atoms with Gasteiger partial charge in [0, 0.05) is 23.9 Å². The fourth-order valence-corrected chi connectivity index (χ4v) is 3.17. The number of thioether (sulfide) groups is 1. The van der Waals surface area contributed by atoms with Gasteiger partial charge in [0.2, 0.25) is 0 Å². The lowest BCUT2D eigenvalue weighted by Crippen LogP contribution is -2.00. The molecule has 0 aliphatic heterocycles. The van der Waals surface area contributed by atoms with Crippen molar-refractivity contribution < 1.29 is 8.42 Å². The minimum Gasteiger partial charge on any atom is -0.382 e. The van der Waals surface area contributed by atoms with Gasteiger partial charge < -0.3 is 5.73 Å². The molecule has 2 aromatic rings. The topological polar surface area (TPSA) is 78.0 Å². The van der Waals surface area contributed by atoms with E-state index >= 15 is 0 Å². The van der Waals surface area contributed by atoms with E-state index in [2.05, 4.69) is 5.10 Å². The first-order valence-electron chi connectivity index (χ1n) is 6.17. The molecular formula is C13H17N3O2S2. The molecule has 0 aliphatic carbocycles. The molecule has 0 aliphatic rings. The summed E-state index contributed by atoms with van der Waals surface area (Å²) in [5, 5.41) is 4.11. The number of anilines is 1. The Morgan fingerprint density at radius 2 is 1.95 bits per heavy atom. The summed E-state index contributed by atoms with van der Waals surface area (Å²) in [6.45, 7) is 0.825. The standard InChI is InChI=1S/C13H17N3O2S2/c1-20(17,18)12-5-3-11(4-6-12)19-10-2-8-16-9-7-13(14)15-16/h3-7,9H,2,8,10H2,1H3,(H2,14,15). The number of benzene rings is 1. The molecule has 0 saturated carbocycles. The monoisotopic (exact) mass is 311 g/mol. The van der Waals surface area contributed by atoms with Crippen molar-refractivity contribution in [1.29, 1.82) is 0 Å². The first kappa shape index (κ1) is 14.9. The zero-order chi connectivity index (χ0) is 14.6. The van der Waals surface area contributed by atoms with Gasteiger partial charge >= 0.3 is 0 Å². The van der Waals surface area contributed by atoms with Crippen LogP contribution in [0.1, 0.15) is 6.42 Å². The van der Waals surface area contributed by atoms with Crippen LogP contribution in [0.2, 0.25) is 0 Å². The van der Waals surface area contributed by atoms with E-state index in [9.17, 15) is 8.42 Å². The number of aromatic nitrogens is 2. The van der Waals surface area contributed by atoms with Crippen molar-refractivity contribution in [2.24, 2.45) is 0 Å². The minimum absolute atomic E-state index is 0.355. The minimum atomic E-state index is -3.11. The number of hydrogen-bond acceptors (Lipinski definition) is 5. The summed E-state index contributed by atoms with van der Waals surface area (Å²) in [4.78, 5) is 1.42. The highest BCUT2D eigenvalue weighted by Crippen LogP contribution is 2.21. The second-order valence-electron chi connectivity index (χ2n) is 4.45. The lowest BCUT2D eigenvalue weighted by molar-refractivity contribution is 0.602. The second kappa shape index (κ2) is 6.32. The van der Waals surface area contributed by atoms with Gasteiger partial charge in [0.15, 0.2) is 9.84 Å². The van der Waals surface area contributed by atoms with Gasteiger partial charge in [0.1, 0.15) is 5.82 Å². The number of nitrogen functional groups attached to an aromatic ring is 1. The highest BCUT2D eigenvalue weighted by atomic mass is 32.2. The Labute approximate surface area is 123 Å².